The Balaban J connectivity index is 1.77. The van der Waals surface area contributed by atoms with E-state index in [9.17, 15) is 8.42 Å². The fraction of sp³-hybridized carbons (Fsp3) is 0.381. The molecule has 3 aromatic rings. The molecule has 0 aliphatic heterocycles. The summed E-state index contributed by atoms with van der Waals surface area (Å²) in [4.78, 5) is 16.7. The van der Waals surface area contributed by atoms with E-state index in [0.29, 0.717) is 48.5 Å². The fourth-order valence-electron chi connectivity index (χ4n) is 3.37. The highest BCUT2D eigenvalue weighted by molar-refractivity contribution is 7.92. The summed E-state index contributed by atoms with van der Waals surface area (Å²) in [6.07, 6.45) is 4.06. The number of nitrogens with two attached hydrogens (primary N) is 1. The molecule has 4 rings (SSSR count). The second kappa shape index (κ2) is 9.21. The van der Waals surface area contributed by atoms with E-state index in [0.717, 1.165) is 18.7 Å². The van der Waals surface area contributed by atoms with Crippen LogP contribution in [-0.2, 0) is 10.0 Å². The molecule has 1 saturated carbocycles. The van der Waals surface area contributed by atoms with Gasteiger partial charge in [0.05, 0.1) is 22.8 Å². The van der Waals surface area contributed by atoms with Gasteiger partial charge in [-0.3, -0.25) is 4.72 Å². The number of H-pyrrole nitrogens is 1. The average molecular weight is 460 g/mol. The molecule has 2 aromatic heterocycles. The van der Waals surface area contributed by atoms with Crippen molar-refractivity contribution in [3.63, 3.8) is 0 Å². The largest absolute Gasteiger partial charge is 0.353 e. The van der Waals surface area contributed by atoms with Crippen LogP contribution in [0, 0.1) is 5.82 Å². The Morgan fingerprint density at radius 1 is 1.25 bits per heavy atom. The molecule has 0 spiro atoms. The summed E-state index contributed by atoms with van der Waals surface area (Å²) in [5.41, 5.74) is 7.10. The van der Waals surface area contributed by atoms with Crippen LogP contribution >= 0.6 is 0 Å². The zero-order chi connectivity index (χ0) is 22.7. The number of benzene rings is 1. The summed E-state index contributed by atoms with van der Waals surface area (Å²) < 4.78 is 42.2. The zero-order valence-electron chi connectivity index (χ0n) is 17.7. The van der Waals surface area contributed by atoms with Crippen molar-refractivity contribution in [1.82, 2.24) is 19.9 Å². The normalized spacial score (nSPS) is 13.8. The number of aromatic nitrogens is 4. The van der Waals surface area contributed by atoms with Gasteiger partial charge in [0.25, 0.3) is 0 Å². The first kappa shape index (κ1) is 22.2. The average Bonchev–Trinajstić information content (AvgIpc) is 3.52. The monoisotopic (exact) mass is 459 g/mol. The summed E-state index contributed by atoms with van der Waals surface area (Å²) in [7, 11) is -3.64. The molecule has 1 aromatic carbocycles. The van der Waals surface area contributed by atoms with Gasteiger partial charge >= 0.3 is 0 Å². The van der Waals surface area contributed by atoms with Crippen molar-refractivity contribution in [3.05, 3.63) is 42.1 Å². The summed E-state index contributed by atoms with van der Waals surface area (Å²) >= 11 is 0. The predicted octanol–water partition coefficient (Wildman–Crippen LogP) is 3.07. The van der Waals surface area contributed by atoms with E-state index < -0.39 is 15.8 Å². The van der Waals surface area contributed by atoms with Gasteiger partial charge in [0.15, 0.2) is 5.82 Å². The Labute approximate surface area is 186 Å². The fourth-order valence-corrected chi connectivity index (χ4v) is 4.50. The molecule has 0 saturated heterocycles. The maximum atomic E-state index is 15.5. The molecule has 1 aliphatic rings. The number of anilines is 2. The van der Waals surface area contributed by atoms with Gasteiger partial charge < -0.3 is 16.0 Å². The summed E-state index contributed by atoms with van der Waals surface area (Å²) in [5.74, 6) is 0.700. The number of nitrogens with zero attached hydrogens (tertiary/aromatic N) is 3. The smallest absolute Gasteiger partial charge is 0.232 e. The lowest BCUT2D eigenvalue weighted by molar-refractivity contribution is 0.597. The third kappa shape index (κ3) is 4.89. The molecule has 0 unspecified atom stereocenters. The van der Waals surface area contributed by atoms with E-state index in [1.165, 1.54) is 6.07 Å². The minimum Gasteiger partial charge on any atom is -0.353 e. The lowest BCUT2D eigenvalue weighted by Gasteiger charge is -2.11. The highest BCUT2D eigenvalue weighted by Crippen LogP contribution is 2.42. The highest BCUT2D eigenvalue weighted by Gasteiger charge is 2.30. The molecule has 0 atom stereocenters. The SMILES string of the molecule is CCCS(=O)(=O)Nc1cccc(-c2nc(C3CC3)[nH]c2-c2ccnc(NCCN)n2)c1F. The predicted molar refractivity (Wildman–Crippen MR) is 122 cm³/mol. The maximum Gasteiger partial charge on any atom is 0.232 e. The van der Waals surface area contributed by atoms with Crippen LogP contribution in [0.2, 0.25) is 0 Å². The minimum atomic E-state index is -3.64. The Morgan fingerprint density at radius 2 is 2.06 bits per heavy atom. The van der Waals surface area contributed by atoms with Crippen molar-refractivity contribution in [2.24, 2.45) is 5.73 Å². The van der Waals surface area contributed by atoms with Gasteiger partial charge in [-0.25, -0.2) is 27.8 Å². The van der Waals surface area contributed by atoms with Gasteiger partial charge in [-0.2, -0.15) is 0 Å². The molecule has 1 fully saturated rings. The Hall–Kier alpha value is -3.05. The highest BCUT2D eigenvalue weighted by atomic mass is 32.2. The lowest BCUT2D eigenvalue weighted by Crippen LogP contribution is -2.17. The molecule has 0 radical (unpaired) electrons. The first-order valence-electron chi connectivity index (χ1n) is 10.6. The van der Waals surface area contributed by atoms with Gasteiger partial charge in [-0.05, 0) is 37.5 Å². The molecule has 1 aliphatic carbocycles. The molecule has 11 heteroatoms. The van der Waals surface area contributed by atoms with E-state index in [4.69, 9.17) is 5.73 Å². The lowest BCUT2D eigenvalue weighted by atomic mass is 10.1. The number of hydrogen-bond acceptors (Lipinski definition) is 7. The first-order valence-corrected chi connectivity index (χ1v) is 12.2. The molecular weight excluding hydrogens is 433 g/mol. The number of imidazole rings is 1. The van der Waals surface area contributed by atoms with Crippen molar-refractivity contribution >= 4 is 21.7 Å². The van der Waals surface area contributed by atoms with Gasteiger partial charge in [-0.1, -0.05) is 13.0 Å². The second-order valence-corrected chi connectivity index (χ2v) is 9.53. The molecule has 0 bridgehead atoms. The van der Waals surface area contributed by atoms with Gasteiger partial charge in [-0.15, -0.1) is 0 Å². The van der Waals surface area contributed by atoms with Crippen LogP contribution in [-0.4, -0.2) is 47.2 Å². The summed E-state index contributed by atoms with van der Waals surface area (Å²) in [6, 6.07) is 6.30. The standard InChI is InChI=1S/C21H26FN7O2S/c1-2-12-32(30,31)29-15-5-3-4-14(17(15)22)18-19(28-20(27-18)13-6-7-13)16-8-10-24-21(26-16)25-11-9-23/h3-5,8,10,13,29H,2,6-7,9,11-12,23H2,1H3,(H,27,28)(H,24,25,26). The number of aromatic amines is 1. The third-order valence-electron chi connectivity index (χ3n) is 5.02. The Morgan fingerprint density at radius 3 is 2.78 bits per heavy atom. The van der Waals surface area contributed by atoms with Crippen molar-refractivity contribution in [1.29, 1.82) is 0 Å². The van der Waals surface area contributed by atoms with E-state index >= 15 is 4.39 Å². The van der Waals surface area contributed by atoms with E-state index in [2.05, 4.69) is 30.0 Å². The zero-order valence-corrected chi connectivity index (χ0v) is 18.5. The Kier molecular flexibility index (Phi) is 6.38. The molecule has 32 heavy (non-hydrogen) atoms. The van der Waals surface area contributed by atoms with Crippen LogP contribution in [0.5, 0.6) is 0 Å². The second-order valence-electron chi connectivity index (χ2n) is 7.69. The molecule has 9 nitrogen and oxygen atoms in total. The van der Waals surface area contributed by atoms with Crippen molar-refractivity contribution in [3.8, 4) is 22.6 Å². The summed E-state index contributed by atoms with van der Waals surface area (Å²) in [6.45, 7) is 2.70. The number of nitrogens with one attached hydrogen (secondary N) is 3. The van der Waals surface area contributed by atoms with Crippen LogP contribution in [0.4, 0.5) is 16.0 Å². The van der Waals surface area contributed by atoms with Crippen LogP contribution in [0.25, 0.3) is 22.6 Å². The van der Waals surface area contributed by atoms with Gasteiger partial charge in [0.2, 0.25) is 16.0 Å². The van der Waals surface area contributed by atoms with Crippen molar-refractivity contribution in [2.45, 2.75) is 32.1 Å². The number of rotatable bonds is 10. The van der Waals surface area contributed by atoms with Crippen LogP contribution < -0.4 is 15.8 Å². The van der Waals surface area contributed by atoms with E-state index in [1.807, 2.05) is 0 Å². The minimum absolute atomic E-state index is 0.0876. The van der Waals surface area contributed by atoms with E-state index in [1.54, 1.807) is 31.3 Å². The number of hydrogen-bond donors (Lipinski definition) is 4. The molecule has 0 amide bonds. The van der Waals surface area contributed by atoms with Crippen LogP contribution in [0.3, 0.4) is 0 Å². The molecular formula is C21H26FN7O2S. The Bertz CT molecular complexity index is 1210. The van der Waals surface area contributed by atoms with Crippen LogP contribution in [0.1, 0.15) is 37.9 Å². The topological polar surface area (TPSA) is 139 Å². The van der Waals surface area contributed by atoms with Crippen molar-refractivity contribution < 1.29 is 12.8 Å². The quantitative estimate of drug-likeness (QED) is 0.365. The maximum absolute atomic E-state index is 15.5. The number of sulfonamides is 1. The van der Waals surface area contributed by atoms with E-state index in [-0.39, 0.29) is 17.0 Å². The van der Waals surface area contributed by atoms with Gasteiger partial charge in [0, 0.05) is 30.8 Å². The van der Waals surface area contributed by atoms with Crippen molar-refractivity contribution in [2.75, 3.05) is 28.9 Å². The number of halogens is 1. The molecule has 170 valence electrons. The first-order chi connectivity index (χ1) is 15.4. The van der Waals surface area contributed by atoms with Crippen LogP contribution in [0.15, 0.2) is 30.5 Å². The van der Waals surface area contributed by atoms with Gasteiger partial charge in [0.1, 0.15) is 11.5 Å². The molecule has 2 heterocycles. The molecule has 5 N–H and O–H groups in total. The third-order valence-corrected chi connectivity index (χ3v) is 6.49. The summed E-state index contributed by atoms with van der Waals surface area (Å²) in [5, 5.41) is 3.03.